The second-order valence-corrected chi connectivity index (χ2v) is 2.41. The number of hydrogen-bond donors (Lipinski definition) is 0. The van der Waals surface area contributed by atoms with Crippen molar-refractivity contribution in [2.75, 3.05) is 21.3 Å². The smallest absolute Gasteiger partial charge is 0.376 e. The summed E-state index contributed by atoms with van der Waals surface area (Å²) in [5, 5.41) is 3.60. The molecular weight excluding hydrogens is 190 g/mol. The van der Waals surface area contributed by atoms with Crippen LogP contribution in [0.5, 0.6) is 0 Å². The SMILES string of the molecule is COC(=O)c1cc(C(OC)OC)no1. The van der Waals surface area contributed by atoms with Crippen LogP contribution in [-0.4, -0.2) is 32.5 Å². The maximum Gasteiger partial charge on any atom is 0.376 e. The molecule has 0 spiro atoms. The van der Waals surface area contributed by atoms with Gasteiger partial charge in [0.25, 0.3) is 0 Å². The molecule has 0 unspecified atom stereocenters. The van der Waals surface area contributed by atoms with E-state index < -0.39 is 12.3 Å². The summed E-state index contributed by atoms with van der Waals surface area (Å²) < 4.78 is 19.0. The van der Waals surface area contributed by atoms with Crippen LogP contribution in [0.1, 0.15) is 22.5 Å². The van der Waals surface area contributed by atoms with E-state index in [0.29, 0.717) is 5.69 Å². The van der Waals surface area contributed by atoms with Crippen molar-refractivity contribution in [3.05, 3.63) is 17.5 Å². The molecule has 0 aliphatic heterocycles. The van der Waals surface area contributed by atoms with Gasteiger partial charge in [-0.3, -0.25) is 0 Å². The Balaban J connectivity index is 2.81. The average molecular weight is 201 g/mol. The molecule has 0 saturated carbocycles. The third kappa shape index (κ3) is 2.09. The summed E-state index contributed by atoms with van der Waals surface area (Å²) in [7, 11) is 4.18. The molecule has 6 nitrogen and oxygen atoms in total. The van der Waals surface area contributed by atoms with Crippen LogP contribution in [0.15, 0.2) is 10.6 Å². The first-order valence-electron chi connectivity index (χ1n) is 3.83. The number of aromatic nitrogens is 1. The molecule has 1 aromatic heterocycles. The van der Waals surface area contributed by atoms with Crippen molar-refractivity contribution in [1.29, 1.82) is 0 Å². The lowest BCUT2D eigenvalue weighted by molar-refractivity contribution is -0.109. The fourth-order valence-electron chi connectivity index (χ4n) is 0.934. The number of esters is 1. The fraction of sp³-hybridized carbons (Fsp3) is 0.500. The molecule has 1 aromatic rings. The zero-order chi connectivity index (χ0) is 10.6. The predicted molar refractivity (Wildman–Crippen MR) is 44.6 cm³/mol. The van der Waals surface area contributed by atoms with Gasteiger partial charge in [0.15, 0.2) is 0 Å². The Morgan fingerprint density at radius 2 is 2.07 bits per heavy atom. The van der Waals surface area contributed by atoms with E-state index in [4.69, 9.17) is 14.0 Å². The molecule has 0 fully saturated rings. The molecule has 0 aromatic carbocycles. The largest absolute Gasteiger partial charge is 0.463 e. The zero-order valence-electron chi connectivity index (χ0n) is 8.14. The Morgan fingerprint density at radius 1 is 1.43 bits per heavy atom. The van der Waals surface area contributed by atoms with Crippen LogP contribution in [0.2, 0.25) is 0 Å². The highest BCUT2D eigenvalue weighted by Gasteiger charge is 2.18. The molecule has 1 heterocycles. The van der Waals surface area contributed by atoms with Crippen molar-refractivity contribution >= 4 is 5.97 Å². The second-order valence-electron chi connectivity index (χ2n) is 2.41. The molecule has 0 bridgehead atoms. The minimum Gasteiger partial charge on any atom is -0.463 e. The molecule has 6 heteroatoms. The summed E-state index contributed by atoms with van der Waals surface area (Å²) in [5.41, 5.74) is 0.385. The van der Waals surface area contributed by atoms with E-state index in [1.807, 2.05) is 0 Å². The van der Waals surface area contributed by atoms with Gasteiger partial charge in [-0.05, 0) is 0 Å². The van der Waals surface area contributed by atoms with Gasteiger partial charge >= 0.3 is 5.97 Å². The quantitative estimate of drug-likeness (QED) is 0.528. The van der Waals surface area contributed by atoms with Gasteiger partial charge in [0, 0.05) is 20.3 Å². The molecule has 0 radical (unpaired) electrons. The van der Waals surface area contributed by atoms with Gasteiger partial charge < -0.3 is 18.7 Å². The van der Waals surface area contributed by atoms with Crippen molar-refractivity contribution in [2.45, 2.75) is 6.29 Å². The van der Waals surface area contributed by atoms with Gasteiger partial charge in [0.1, 0.15) is 5.69 Å². The Morgan fingerprint density at radius 3 is 2.57 bits per heavy atom. The Bertz CT molecular complexity index is 304. The monoisotopic (exact) mass is 201 g/mol. The van der Waals surface area contributed by atoms with E-state index in [1.54, 1.807) is 0 Å². The first-order chi connectivity index (χ1) is 6.72. The molecule has 0 N–H and O–H groups in total. The normalized spacial score (nSPS) is 10.6. The predicted octanol–water partition coefficient (Wildman–Crippen LogP) is 0.753. The standard InChI is InChI=1S/C8H11NO5/c1-11-7(10)6-4-5(9-14-6)8(12-2)13-3/h4,8H,1-3H3. The van der Waals surface area contributed by atoms with Crippen LogP contribution in [0.4, 0.5) is 0 Å². The maximum atomic E-state index is 11.0. The van der Waals surface area contributed by atoms with Gasteiger partial charge in [-0.15, -0.1) is 0 Å². The molecule has 0 atom stereocenters. The molecule has 0 saturated heterocycles. The molecule has 14 heavy (non-hydrogen) atoms. The highest BCUT2D eigenvalue weighted by Crippen LogP contribution is 2.17. The van der Waals surface area contributed by atoms with Crippen molar-refractivity contribution in [3.63, 3.8) is 0 Å². The summed E-state index contributed by atoms with van der Waals surface area (Å²) in [4.78, 5) is 11.0. The average Bonchev–Trinajstić information content (AvgIpc) is 2.68. The van der Waals surface area contributed by atoms with Crippen molar-refractivity contribution < 1.29 is 23.5 Å². The molecule has 1 rings (SSSR count). The van der Waals surface area contributed by atoms with Crippen molar-refractivity contribution in [3.8, 4) is 0 Å². The van der Waals surface area contributed by atoms with Crippen LogP contribution >= 0.6 is 0 Å². The Labute approximate surface area is 80.7 Å². The topological polar surface area (TPSA) is 70.8 Å². The summed E-state index contributed by atoms with van der Waals surface area (Å²) >= 11 is 0. The zero-order valence-corrected chi connectivity index (χ0v) is 8.14. The first kappa shape index (κ1) is 10.7. The number of ether oxygens (including phenoxy) is 3. The lowest BCUT2D eigenvalue weighted by Gasteiger charge is -2.07. The Hall–Kier alpha value is -1.40. The lowest BCUT2D eigenvalue weighted by Crippen LogP contribution is -2.03. The van der Waals surface area contributed by atoms with E-state index in [0.717, 1.165) is 0 Å². The number of carbonyl (C=O) groups is 1. The van der Waals surface area contributed by atoms with Gasteiger partial charge in [-0.25, -0.2) is 4.79 Å². The van der Waals surface area contributed by atoms with Crippen LogP contribution in [-0.2, 0) is 14.2 Å². The summed E-state index contributed by atoms with van der Waals surface area (Å²) in [6, 6.07) is 1.41. The van der Waals surface area contributed by atoms with Crippen LogP contribution in [0.25, 0.3) is 0 Å². The minimum atomic E-state index is -0.642. The summed E-state index contributed by atoms with van der Waals surface area (Å²) in [6.07, 6.45) is -0.642. The van der Waals surface area contributed by atoms with Crippen LogP contribution in [0.3, 0.4) is 0 Å². The van der Waals surface area contributed by atoms with Crippen LogP contribution in [0, 0.1) is 0 Å². The molecule has 0 aliphatic carbocycles. The number of rotatable bonds is 4. The third-order valence-corrected chi connectivity index (χ3v) is 1.58. The van der Waals surface area contributed by atoms with E-state index in [9.17, 15) is 4.79 Å². The highest BCUT2D eigenvalue weighted by molar-refractivity contribution is 5.86. The van der Waals surface area contributed by atoms with Crippen molar-refractivity contribution in [2.24, 2.45) is 0 Å². The highest BCUT2D eigenvalue weighted by atomic mass is 16.7. The Kier molecular flexibility index (Phi) is 3.61. The number of methoxy groups -OCH3 is 3. The van der Waals surface area contributed by atoms with E-state index in [-0.39, 0.29) is 5.76 Å². The first-order valence-corrected chi connectivity index (χ1v) is 3.83. The van der Waals surface area contributed by atoms with E-state index in [2.05, 4.69) is 9.89 Å². The molecular formula is C8H11NO5. The van der Waals surface area contributed by atoms with Gasteiger partial charge in [0.2, 0.25) is 12.1 Å². The number of hydrogen-bond acceptors (Lipinski definition) is 6. The van der Waals surface area contributed by atoms with Crippen molar-refractivity contribution in [1.82, 2.24) is 5.16 Å². The lowest BCUT2D eigenvalue weighted by atomic mass is 10.3. The van der Waals surface area contributed by atoms with Gasteiger partial charge in [0.05, 0.1) is 7.11 Å². The minimum absolute atomic E-state index is 0.0154. The fourth-order valence-corrected chi connectivity index (χ4v) is 0.934. The van der Waals surface area contributed by atoms with Gasteiger partial charge in [-0.2, -0.15) is 0 Å². The molecule has 0 amide bonds. The molecule has 0 aliphatic rings. The number of nitrogens with zero attached hydrogens (tertiary/aromatic N) is 1. The second kappa shape index (κ2) is 4.73. The van der Waals surface area contributed by atoms with Crippen LogP contribution < -0.4 is 0 Å². The van der Waals surface area contributed by atoms with E-state index in [1.165, 1.54) is 27.4 Å². The maximum absolute atomic E-state index is 11.0. The summed E-state index contributed by atoms with van der Waals surface area (Å²) in [5.74, 6) is -0.573. The van der Waals surface area contributed by atoms with Gasteiger partial charge in [-0.1, -0.05) is 5.16 Å². The number of carbonyl (C=O) groups excluding carboxylic acids is 1. The third-order valence-electron chi connectivity index (χ3n) is 1.58. The summed E-state index contributed by atoms with van der Waals surface area (Å²) in [6.45, 7) is 0. The molecule has 78 valence electrons. The van der Waals surface area contributed by atoms with E-state index >= 15 is 0 Å².